The summed E-state index contributed by atoms with van der Waals surface area (Å²) < 4.78 is 5.43. The van der Waals surface area contributed by atoms with Gasteiger partial charge in [0.05, 0.1) is 12.5 Å². The zero-order chi connectivity index (χ0) is 13.7. The van der Waals surface area contributed by atoms with E-state index in [1.165, 1.54) is 12.8 Å². The predicted octanol–water partition coefficient (Wildman–Crippen LogP) is 0.919. The van der Waals surface area contributed by atoms with Crippen LogP contribution >= 0.6 is 0 Å². The summed E-state index contributed by atoms with van der Waals surface area (Å²) in [6.45, 7) is 2.75. The van der Waals surface area contributed by atoms with Crippen LogP contribution < -0.4 is 5.32 Å². The number of rotatable bonds is 6. The van der Waals surface area contributed by atoms with Crippen molar-refractivity contribution in [3.8, 4) is 0 Å². The molecule has 1 aliphatic carbocycles. The first-order valence-corrected chi connectivity index (χ1v) is 7.00. The van der Waals surface area contributed by atoms with Gasteiger partial charge in [0, 0.05) is 26.2 Å². The van der Waals surface area contributed by atoms with E-state index in [-0.39, 0.29) is 6.03 Å². The fraction of sp³-hybridized carbons (Fsp3) is 0.846. The zero-order valence-corrected chi connectivity index (χ0v) is 11.1. The van der Waals surface area contributed by atoms with Crippen LogP contribution in [0.15, 0.2) is 0 Å². The van der Waals surface area contributed by atoms with E-state index in [9.17, 15) is 9.59 Å². The molecule has 1 atom stereocenters. The van der Waals surface area contributed by atoms with Crippen molar-refractivity contribution < 1.29 is 19.4 Å². The van der Waals surface area contributed by atoms with Crippen molar-refractivity contribution in [1.82, 2.24) is 10.2 Å². The highest BCUT2D eigenvalue weighted by Crippen LogP contribution is 2.28. The average Bonchev–Trinajstić information content (AvgIpc) is 3.22. The number of carboxylic acids is 1. The molecule has 0 radical (unpaired) electrons. The van der Waals surface area contributed by atoms with Gasteiger partial charge < -0.3 is 20.1 Å². The molecule has 2 amide bonds. The molecule has 0 spiro atoms. The maximum absolute atomic E-state index is 11.8. The van der Waals surface area contributed by atoms with Crippen molar-refractivity contribution in [3.63, 3.8) is 0 Å². The van der Waals surface area contributed by atoms with Crippen LogP contribution in [0.4, 0.5) is 4.79 Å². The molecule has 0 aromatic heterocycles. The largest absolute Gasteiger partial charge is 0.481 e. The lowest BCUT2D eigenvalue weighted by molar-refractivity contribution is -0.143. The third-order valence-corrected chi connectivity index (χ3v) is 3.63. The summed E-state index contributed by atoms with van der Waals surface area (Å²) in [7, 11) is 0. The van der Waals surface area contributed by atoms with Crippen molar-refractivity contribution >= 4 is 12.0 Å². The summed E-state index contributed by atoms with van der Waals surface area (Å²) in [4.78, 5) is 24.3. The molecule has 1 saturated carbocycles. The number of hydrogen-bond donors (Lipinski definition) is 2. The molecule has 0 aromatic rings. The molecule has 6 heteroatoms. The van der Waals surface area contributed by atoms with Gasteiger partial charge in [0.25, 0.3) is 0 Å². The minimum Gasteiger partial charge on any atom is -0.481 e. The number of likely N-dealkylation sites (tertiary alicyclic amines) is 1. The van der Waals surface area contributed by atoms with Crippen LogP contribution in [0.1, 0.15) is 25.7 Å². The minimum atomic E-state index is -0.815. The summed E-state index contributed by atoms with van der Waals surface area (Å²) in [5, 5.41) is 11.7. The van der Waals surface area contributed by atoms with Crippen LogP contribution in [0.5, 0.6) is 0 Å². The number of urea groups is 1. The Balaban J connectivity index is 1.59. The van der Waals surface area contributed by atoms with E-state index >= 15 is 0 Å². The molecule has 2 fully saturated rings. The quantitative estimate of drug-likeness (QED) is 0.703. The van der Waals surface area contributed by atoms with Gasteiger partial charge in [-0.15, -0.1) is 0 Å². The molecule has 0 aromatic carbocycles. The van der Waals surface area contributed by atoms with Gasteiger partial charge in [0.15, 0.2) is 0 Å². The Labute approximate surface area is 113 Å². The maximum Gasteiger partial charge on any atom is 0.317 e. The van der Waals surface area contributed by atoms with E-state index < -0.39 is 11.9 Å². The fourth-order valence-corrected chi connectivity index (χ4v) is 2.24. The first kappa shape index (κ1) is 14.1. The summed E-state index contributed by atoms with van der Waals surface area (Å²) >= 11 is 0. The number of nitrogens with zero attached hydrogens (tertiary/aromatic N) is 1. The normalized spacial score (nSPS) is 23.2. The Morgan fingerprint density at radius 3 is 2.79 bits per heavy atom. The van der Waals surface area contributed by atoms with E-state index in [0.717, 1.165) is 18.9 Å². The lowest BCUT2D eigenvalue weighted by atomic mass is 9.99. The van der Waals surface area contributed by atoms with Crippen molar-refractivity contribution in [2.24, 2.45) is 11.8 Å². The molecule has 108 valence electrons. The fourth-order valence-electron chi connectivity index (χ4n) is 2.24. The zero-order valence-electron chi connectivity index (χ0n) is 11.1. The molecule has 2 rings (SSSR count). The van der Waals surface area contributed by atoms with E-state index in [2.05, 4.69) is 5.32 Å². The molecular formula is C13H22N2O4. The second kappa shape index (κ2) is 6.75. The van der Waals surface area contributed by atoms with E-state index in [4.69, 9.17) is 9.84 Å². The number of carboxylic acid groups (broad SMARTS) is 1. The molecule has 1 saturated heterocycles. The topological polar surface area (TPSA) is 78.9 Å². The number of amides is 2. The minimum absolute atomic E-state index is 0.180. The van der Waals surface area contributed by atoms with Gasteiger partial charge in [0.2, 0.25) is 0 Å². The molecule has 6 nitrogen and oxygen atoms in total. The van der Waals surface area contributed by atoms with Crippen LogP contribution in [-0.4, -0.2) is 54.9 Å². The highest BCUT2D eigenvalue weighted by atomic mass is 16.5. The van der Waals surface area contributed by atoms with Gasteiger partial charge in [-0.2, -0.15) is 0 Å². The molecule has 1 heterocycles. The van der Waals surface area contributed by atoms with Crippen molar-refractivity contribution in [3.05, 3.63) is 0 Å². The lowest BCUT2D eigenvalue weighted by Crippen LogP contribution is -2.47. The third kappa shape index (κ3) is 4.70. The number of hydrogen-bond acceptors (Lipinski definition) is 3. The second-order valence-electron chi connectivity index (χ2n) is 5.37. The number of nitrogens with one attached hydrogen (secondary N) is 1. The standard InChI is InChI=1S/C13H22N2O4/c16-12(17)11-2-1-6-15(8-11)13(18)14-5-7-19-9-10-3-4-10/h10-11H,1-9H2,(H,14,18)(H,16,17). The molecule has 2 N–H and O–H groups in total. The van der Waals surface area contributed by atoms with Crippen LogP contribution in [0.3, 0.4) is 0 Å². The van der Waals surface area contributed by atoms with Crippen molar-refractivity contribution in [1.29, 1.82) is 0 Å². The summed E-state index contributed by atoms with van der Waals surface area (Å²) in [5.41, 5.74) is 0. The lowest BCUT2D eigenvalue weighted by Gasteiger charge is -2.30. The number of carbonyl (C=O) groups excluding carboxylic acids is 1. The van der Waals surface area contributed by atoms with Crippen LogP contribution in [0.25, 0.3) is 0 Å². The number of carbonyl (C=O) groups is 2. The van der Waals surface area contributed by atoms with Gasteiger partial charge >= 0.3 is 12.0 Å². The van der Waals surface area contributed by atoms with Gasteiger partial charge in [-0.25, -0.2) is 4.79 Å². The Morgan fingerprint density at radius 1 is 1.32 bits per heavy atom. The Hall–Kier alpha value is -1.30. The highest BCUT2D eigenvalue weighted by molar-refractivity contribution is 5.76. The molecule has 1 unspecified atom stereocenters. The van der Waals surface area contributed by atoms with Crippen LogP contribution in [-0.2, 0) is 9.53 Å². The summed E-state index contributed by atoms with van der Waals surface area (Å²) in [6, 6.07) is -0.180. The molecule has 1 aliphatic heterocycles. The number of aliphatic carboxylic acids is 1. The summed E-state index contributed by atoms with van der Waals surface area (Å²) in [6.07, 6.45) is 3.93. The highest BCUT2D eigenvalue weighted by Gasteiger charge is 2.27. The van der Waals surface area contributed by atoms with Gasteiger partial charge in [-0.3, -0.25) is 4.79 Å². The second-order valence-corrected chi connectivity index (χ2v) is 5.37. The SMILES string of the molecule is O=C(O)C1CCCN(C(=O)NCCOCC2CC2)C1. The third-order valence-electron chi connectivity index (χ3n) is 3.63. The molecular weight excluding hydrogens is 248 g/mol. The smallest absolute Gasteiger partial charge is 0.317 e. The average molecular weight is 270 g/mol. The molecule has 19 heavy (non-hydrogen) atoms. The van der Waals surface area contributed by atoms with Crippen LogP contribution in [0, 0.1) is 11.8 Å². The van der Waals surface area contributed by atoms with Gasteiger partial charge in [-0.05, 0) is 31.6 Å². The number of piperidine rings is 1. The first-order chi connectivity index (χ1) is 9.16. The van der Waals surface area contributed by atoms with E-state index in [1.54, 1.807) is 4.90 Å². The van der Waals surface area contributed by atoms with Crippen LogP contribution in [0.2, 0.25) is 0 Å². The number of ether oxygens (including phenoxy) is 1. The van der Waals surface area contributed by atoms with Gasteiger partial charge in [0.1, 0.15) is 0 Å². The van der Waals surface area contributed by atoms with E-state index in [1.807, 2.05) is 0 Å². The Bertz CT molecular complexity index is 331. The van der Waals surface area contributed by atoms with Crippen molar-refractivity contribution in [2.75, 3.05) is 32.8 Å². The van der Waals surface area contributed by atoms with E-state index in [0.29, 0.717) is 32.7 Å². The molecule has 2 aliphatic rings. The predicted molar refractivity (Wildman–Crippen MR) is 68.9 cm³/mol. The molecule has 0 bridgehead atoms. The maximum atomic E-state index is 11.8. The Kier molecular flexibility index (Phi) is 5.01. The summed E-state index contributed by atoms with van der Waals surface area (Å²) in [5.74, 6) is -0.509. The monoisotopic (exact) mass is 270 g/mol. The first-order valence-electron chi connectivity index (χ1n) is 7.00. The van der Waals surface area contributed by atoms with Crippen molar-refractivity contribution in [2.45, 2.75) is 25.7 Å². The Morgan fingerprint density at radius 2 is 2.11 bits per heavy atom. The van der Waals surface area contributed by atoms with Gasteiger partial charge in [-0.1, -0.05) is 0 Å².